The van der Waals surface area contributed by atoms with Crippen LogP contribution in [-0.4, -0.2) is 11.6 Å². The summed E-state index contributed by atoms with van der Waals surface area (Å²) in [6.45, 7) is -2.81. The lowest BCUT2D eigenvalue weighted by Gasteiger charge is -2.03. The van der Waals surface area contributed by atoms with E-state index in [2.05, 4.69) is 25.7 Å². The molecule has 0 aliphatic heterocycles. The van der Waals surface area contributed by atoms with Gasteiger partial charge in [-0.3, -0.25) is 0 Å². The normalized spacial score (nSPS) is 10.2. The molecule has 0 saturated carbocycles. The van der Waals surface area contributed by atoms with Crippen molar-refractivity contribution in [3.63, 3.8) is 0 Å². The zero-order chi connectivity index (χ0) is 8.27. The largest absolute Gasteiger partial charge is 0.432 e. The minimum atomic E-state index is -2.81. The topological polar surface area (TPSA) is 22.1 Å². The Balaban J connectivity index is 2.78. The van der Waals surface area contributed by atoms with Gasteiger partial charge in [0.15, 0.2) is 5.75 Å². The first kappa shape index (κ1) is 8.39. The summed E-state index contributed by atoms with van der Waals surface area (Å²) in [7, 11) is 0. The van der Waals surface area contributed by atoms with Crippen LogP contribution >= 0.6 is 15.9 Å². The van der Waals surface area contributed by atoms with Crippen LogP contribution in [0.25, 0.3) is 0 Å². The predicted octanol–water partition coefficient (Wildman–Crippen LogP) is 2.45. The Morgan fingerprint density at radius 3 is 2.82 bits per heavy atom. The van der Waals surface area contributed by atoms with E-state index in [0.717, 1.165) is 0 Å². The molecule has 11 heavy (non-hydrogen) atoms. The zero-order valence-electron chi connectivity index (χ0n) is 5.30. The quantitative estimate of drug-likeness (QED) is 0.719. The highest BCUT2D eigenvalue weighted by molar-refractivity contribution is 9.10. The number of halogens is 3. The van der Waals surface area contributed by atoms with Crippen molar-refractivity contribution in [1.82, 2.24) is 4.98 Å². The van der Waals surface area contributed by atoms with Crippen molar-refractivity contribution in [2.45, 2.75) is 6.61 Å². The molecule has 1 heterocycles. The van der Waals surface area contributed by atoms with Gasteiger partial charge in [0, 0.05) is 6.20 Å². The third-order valence-corrected chi connectivity index (χ3v) is 1.54. The first-order chi connectivity index (χ1) is 5.20. The minimum absolute atomic E-state index is 0.0440. The second-order valence-electron chi connectivity index (χ2n) is 1.67. The van der Waals surface area contributed by atoms with Crippen molar-refractivity contribution in [1.29, 1.82) is 0 Å². The summed E-state index contributed by atoms with van der Waals surface area (Å²) in [6.07, 6.45) is 1.47. The second-order valence-corrected chi connectivity index (χ2v) is 2.42. The van der Waals surface area contributed by atoms with Crippen LogP contribution in [-0.2, 0) is 0 Å². The molecular weight excluding hydrogens is 220 g/mol. The molecule has 60 valence electrons. The molecule has 5 heteroatoms. The lowest BCUT2D eigenvalue weighted by molar-refractivity contribution is -0.0506. The molecule has 2 nitrogen and oxygen atoms in total. The molecule has 0 fully saturated rings. The van der Waals surface area contributed by atoms with Gasteiger partial charge in [0.05, 0.1) is 0 Å². The Morgan fingerprint density at radius 1 is 1.55 bits per heavy atom. The molecule has 0 unspecified atom stereocenters. The number of hydrogen-bond acceptors (Lipinski definition) is 2. The van der Waals surface area contributed by atoms with Crippen LogP contribution in [0.5, 0.6) is 5.75 Å². The molecule has 0 aromatic carbocycles. The highest BCUT2D eigenvalue weighted by Crippen LogP contribution is 2.22. The maximum absolute atomic E-state index is 11.6. The fraction of sp³-hybridized carbons (Fsp3) is 0.167. The maximum Gasteiger partial charge on any atom is 0.387 e. The number of nitrogens with zero attached hydrogens (tertiary/aromatic N) is 1. The highest BCUT2D eigenvalue weighted by atomic mass is 79.9. The van der Waals surface area contributed by atoms with Gasteiger partial charge in [-0.05, 0) is 28.1 Å². The summed E-state index contributed by atoms with van der Waals surface area (Å²) in [5, 5.41) is 0. The van der Waals surface area contributed by atoms with Crippen LogP contribution in [0, 0.1) is 0 Å². The first-order valence-corrected chi connectivity index (χ1v) is 3.55. The third-order valence-electron chi connectivity index (χ3n) is 0.941. The molecule has 0 aliphatic carbocycles. The average molecular weight is 224 g/mol. The van der Waals surface area contributed by atoms with E-state index in [1.165, 1.54) is 18.3 Å². The lowest BCUT2D eigenvalue weighted by atomic mass is 10.5. The van der Waals surface area contributed by atoms with E-state index in [1.807, 2.05) is 0 Å². The van der Waals surface area contributed by atoms with Crippen LogP contribution in [0.4, 0.5) is 8.78 Å². The van der Waals surface area contributed by atoms with Gasteiger partial charge >= 0.3 is 6.61 Å². The zero-order valence-corrected chi connectivity index (χ0v) is 6.88. The fourth-order valence-corrected chi connectivity index (χ4v) is 0.899. The number of rotatable bonds is 2. The molecule has 1 aromatic heterocycles. The van der Waals surface area contributed by atoms with Crippen LogP contribution in [0.1, 0.15) is 0 Å². The standard InChI is InChI=1S/C6H4BrF2NO/c7-5-4(11-6(8)9)2-1-3-10-5/h1-3,6H. The Hall–Kier alpha value is -0.710. The molecule has 1 rings (SSSR count). The number of aromatic nitrogens is 1. The monoisotopic (exact) mass is 223 g/mol. The van der Waals surface area contributed by atoms with Crippen molar-refractivity contribution < 1.29 is 13.5 Å². The van der Waals surface area contributed by atoms with E-state index in [1.54, 1.807) is 0 Å². The number of pyridine rings is 1. The van der Waals surface area contributed by atoms with Gasteiger partial charge in [0.2, 0.25) is 0 Å². The lowest BCUT2D eigenvalue weighted by Crippen LogP contribution is -2.02. The molecule has 0 atom stereocenters. The second kappa shape index (κ2) is 3.61. The fourth-order valence-electron chi connectivity index (χ4n) is 0.555. The van der Waals surface area contributed by atoms with Gasteiger partial charge in [0.1, 0.15) is 4.60 Å². The van der Waals surface area contributed by atoms with Gasteiger partial charge in [-0.25, -0.2) is 4.98 Å². The molecular formula is C6H4BrF2NO. The Labute approximate surface area is 70.3 Å². The smallest absolute Gasteiger partial charge is 0.387 e. The van der Waals surface area contributed by atoms with Crippen LogP contribution < -0.4 is 4.74 Å². The SMILES string of the molecule is FC(F)Oc1cccnc1Br. The van der Waals surface area contributed by atoms with E-state index < -0.39 is 6.61 Å². The molecule has 0 spiro atoms. The van der Waals surface area contributed by atoms with Crippen molar-refractivity contribution in [3.8, 4) is 5.75 Å². The van der Waals surface area contributed by atoms with Gasteiger partial charge in [-0.15, -0.1) is 0 Å². The van der Waals surface area contributed by atoms with E-state index >= 15 is 0 Å². The van der Waals surface area contributed by atoms with Crippen molar-refractivity contribution in [3.05, 3.63) is 22.9 Å². The molecule has 0 radical (unpaired) electrons. The summed E-state index contributed by atoms with van der Waals surface area (Å²) in [5.74, 6) is 0.0440. The predicted molar refractivity (Wildman–Crippen MR) is 38.6 cm³/mol. The molecule has 0 saturated heterocycles. The van der Waals surface area contributed by atoms with E-state index in [9.17, 15) is 8.78 Å². The number of alkyl halides is 2. The summed E-state index contributed by atoms with van der Waals surface area (Å²) < 4.78 is 27.6. The van der Waals surface area contributed by atoms with Crippen LogP contribution in [0.3, 0.4) is 0 Å². The van der Waals surface area contributed by atoms with Crippen molar-refractivity contribution in [2.75, 3.05) is 0 Å². The van der Waals surface area contributed by atoms with E-state index in [4.69, 9.17) is 0 Å². The van der Waals surface area contributed by atoms with Crippen LogP contribution in [0.2, 0.25) is 0 Å². The van der Waals surface area contributed by atoms with Crippen molar-refractivity contribution in [2.24, 2.45) is 0 Å². The molecule has 1 aromatic rings. The van der Waals surface area contributed by atoms with Gasteiger partial charge in [-0.2, -0.15) is 8.78 Å². The molecule has 0 N–H and O–H groups in total. The Morgan fingerprint density at radius 2 is 2.27 bits per heavy atom. The highest BCUT2D eigenvalue weighted by Gasteiger charge is 2.06. The summed E-state index contributed by atoms with van der Waals surface area (Å²) >= 11 is 2.96. The van der Waals surface area contributed by atoms with E-state index in [0.29, 0.717) is 0 Å². The van der Waals surface area contributed by atoms with Gasteiger partial charge in [-0.1, -0.05) is 0 Å². The Kier molecular flexibility index (Phi) is 2.76. The van der Waals surface area contributed by atoms with Crippen LogP contribution in [0.15, 0.2) is 22.9 Å². The average Bonchev–Trinajstić information content (AvgIpc) is 1.93. The Bertz CT molecular complexity index is 244. The van der Waals surface area contributed by atoms with Crippen molar-refractivity contribution >= 4 is 15.9 Å². The van der Waals surface area contributed by atoms with Gasteiger partial charge < -0.3 is 4.74 Å². The molecule has 0 amide bonds. The maximum atomic E-state index is 11.6. The van der Waals surface area contributed by atoms with E-state index in [-0.39, 0.29) is 10.4 Å². The summed E-state index contributed by atoms with van der Waals surface area (Å²) in [6, 6.07) is 2.92. The van der Waals surface area contributed by atoms with Gasteiger partial charge in [0.25, 0.3) is 0 Å². The molecule has 0 bridgehead atoms. The molecule has 0 aliphatic rings. The third kappa shape index (κ3) is 2.42. The number of ether oxygens (including phenoxy) is 1. The first-order valence-electron chi connectivity index (χ1n) is 2.75. The number of hydrogen-bond donors (Lipinski definition) is 0. The summed E-state index contributed by atoms with van der Waals surface area (Å²) in [4.78, 5) is 3.69. The summed E-state index contributed by atoms with van der Waals surface area (Å²) in [5.41, 5.74) is 0. The minimum Gasteiger partial charge on any atom is -0.432 e.